The van der Waals surface area contributed by atoms with Crippen molar-refractivity contribution in [3.05, 3.63) is 24.3 Å². The van der Waals surface area contributed by atoms with Crippen LogP contribution in [0.1, 0.15) is 0 Å². The second kappa shape index (κ2) is 3.40. The van der Waals surface area contributed by atoms with Gasteiger partial charge in [-0.25, -0.2) is 0 Å². The number of nitrogens with two attached hydrogens (primary N) is 1. The van der Waals surface area contributed by atoms with Crippen molar-refractivity contribution in [1.82, 2.24) is 0 Å². The summed E-state index contributed by atoms with van der Waals surface area (Å²) in [4.78, 5) is 12.8. The van der Waals surface area contributed by atoms with Gasteiger partial charge in [-0.1, -0.05) is 0 Å². The normalized spacial score (nSPS) is 14.3. The van der Waals surface area contributed by atoms with E-state index >= 15 is 0 Å². The Morgan fingerprint density at radius 1 is 1.54 bits per heavy atom. The van der Waals surface area contributed by atoms with E-state index in [9.17, 15) is 4.79 Å². The molecule has 0 bridgehead atoms. The zero-order valence-electron chi connectivity index (χ0n) is 7.06. The summed E-state index contributed by atoms with van der Waals surface area (Å²) in [7, 11) is 0. The number of carbonyl (C=O) groups is 1. The summed E-state index contributed by atoms with van der Waals surface area (Å²) in [6.07, 6.45) is 0. The molecule has 0 saturated carbocycles. The van der Waals surface area contributed by atoms with Gasteiger partial charge in [0.2, 0.25) is 0 Å². The molecule has 0 unspecified atom stereocenters. The summed E-state index contributed by atoms with van der Waals surface area (Å²) in [5, 5.41) is 0. The van der Waals surface area contributed by atoms with Crippen LogP contribution >= 0.6 is 0 Å². The minimum atomic E-state index is -0.257. The number of fused-ring (bicyclic) bond motifs is 1. The molecule has 1 aliphatic rings. The Bertz CT molecular complexity index is 340. The molecule has 1 amide bonds. The number of hydrogen-bond acceptors (Lipinski definition) is 2. The Kier molecular flexibility index (Phi) is 2.25. The maximum absolute atomic E-state index is 10.8. The summed E-state index contributed by atoms with van der Waals surface area (Å²) in [5.41, 5.74) is 7.31. The third-order valence-corrected chi connectivity index (χ3v) is 4.23. The third-order valence-electron chi connectivity index (χ3n) is 1.93. The van der Waals surface area contributed by atoms with Crippen LogP contribution in [0.3, 0.4) is 0 Å². The first-order chi connectivity index (χ1) is 6.27. The number of benzene rings is 1. The number of nitrogens with zero attached hydrogens (tertiary/aromatic N) is 1. The minimum absolute atomic E-state index is 0.257. The Balaban J connectivity index is 2.23. The number of para-hydroxylation sites is 1. The maximum atomic E-state index is 10.8. The van der Waals surface area contributed by atoms with Crippen molar-refractivity contribution in [2.75, 3.05) is 16.9 Å². The van der Waals surface area contributed by atoms with Crippen LogP contribution in [0.25, 0.3) is 0 Å². The van der Waals surface area contributed by atoms with E-state index in [0.29, 0.717) is 21.5 Å². The zero-order chi connectivity index (χ0) is 9.26. The van der Waals surface area contributed by atoms with E-state index in [2.05, 4.69) is 11.0 Å². The van der Waals surface area contributed by atoms with Crippen molar-refractivity contribution in [1.29, 1.82) is 0 Å². The predicted molar refractivity (Wildman–Crippen MR) is 53.2 cm³/mol. The first-order valence-electron chi connectivity index (χ1n) is 4.02. The van der Waals surface area contributed by atoms with Crippen LogP contribution in [0.4, 0.5) is 5.69 Å². The average Bonchev–Trinajstić information content (AvgIpc) is 2.48. The molecular formula is C9H10N2OSe. The molecule has 4 heteroatoms. The van der Waals surface area contributed by atoms with Crippen molar-refractivity contribution in [2.24, 2.45) is 5.73 Å². The second-order valence-electron chi connectivity index (χ2n) is 2.91. The Hall–Kier alpha value is -0.991. The van der Waals surface area contributed by atoms with Gasteiger partial charge in [0.05, 0.1) is 0 Å². The molecule has 3 nitrogen and oxygen atoms in total. The van der Waals surface area contributed by atoms with Gasteiger partial charge in [0.15, 0.2) is 0 Å². The van der Waals surface area contributed by atoms with Crippen LogP contribution in [0.5, 0.6) is 0 Å². The van der Waals surface area contributed by atoms with Crippen LogP contribution in [0.15, 0.2) is 24.3 Å². The fourth-order valence-corrected chi connectivity index (χ4v) is 3.57. The number of carbonyl (C=O) groups excluding carboxylic acids is 1. The first kappa shape index (κ1) is 8.60. The van der Waals surface area contributed by atoms with Gasteiger partial charge in [-0.15, -0.1) is 0 Å². The number of rotatable bonds is 2. The summed E-state index contributed by atoms with van der Waals surface area (Å²) >= 11 is 0.478. The molecule has 0 aromatic heterocycles. The van der Waals surface area contributed by atoms with Crippen LogP contribution in [0.2, 0.25) is 0 Å². The van der Waals surface area contributed by atoms with Gasteiger partial charge >= 0.3 is 82.7 Å². The van der Waals surface area contributed by atoms with E-state index in [1.807, 2.05) is 18.2 Å². The van der Waals surface area contributed by atoms with Crippen molar-refractivity contribution in [2.45, 2.75) is 0 Å². The quantitative estimate of drug-likeness (QED) is 0.694. The molecule has 1 heterocycles. The third kappa shape index (κ3) is 1.69. The van der Waals surface area contributed by atoms with E-state index in [1.165, 1.54) is 10.1 Å². The zero-order valence-corrected chi connectivity index (χ0v) is 8.78. The molecule has 2 rings (SSSR count). The number of anilines is 1. The molecule has 0 saturated heterocycles. The molecule has 0 radical (unpaired) electrons. The first-order valence-corrected chi connectivity index (χ1v) is 6.09. The summed E-state index contributed by atoms with van der Waals surface area (Å²) in [5.74, 6) is -0.257. The molecule has 68 valence electrons. The fourth-order valence-electron chi connectivity index (χ4n) is 1.38. The molecule has 0 atom stereocenters. The summed E-state index contributed by atoms with van der Waals surface area (Å²) in [6.45, 7) is 0.346. The molecule has 0 aliphatic carbocycles. The van der Waals surface area contributed by atoms with Gasteiger partial charge in [0, 0.05) is 0 Å². The van der Waals surface area contributed by atoms with Crippen LogP contribution < -0.4 is 15.1 Å². The Labute approximate surface area is 83.1 Å². The van der Waals surface area contributed by atoms with E-state index in [-0.39, 0.29) is 5.91 Å². The standard InChI is InChI=1S/C9H10N2OSe/c10-9(12)5-11-6-13-8-4-2-1-3-7(8)11/h1-4H,5-6H2,(H2,10,12). The van der Waals surface area contributed by atoms with E-state index < -0.39 is 0 Å². The van der Waals surface area contributed by atoms with Gasteiger partial charge in [-0.3, -0.25) is 0 Å². The summed E-state index contributed by atoms with van der Waals surface area (Å²) in [6, 6.07) is 8.20. The number of hydrogen-bond donors (Lipinski definition) is 1. The monoisotopic (exact) mass is 242 g/mol. The Morgan fingerprint density at radius 3 is 3.08 bits per heavy atom. The molecule has 13 heavy (non-hydrogen) atoms. The second-order valence-corrected chi connectivity index (χ2v) is 4.98. The number of primary amides is 1. The summed E-state index contributed by atoms with van der Waals surface area (Å²) < 4.78 is 1.37. The molecule has 0 fully saturated rings. The molecule has 1 aliphatic heterocycles. The van der Waals surface area contributed by atoms with Crippen LogP contribution in [0, 0.1) is 0 Å². The molecule has 1 aromatic rings. The van der Waals surface area contributed by atoms with Gasteiger partial charge in [0.25, 0.3) is 0 Å². The van der Waals surface area contributed by atoms with E-state index in [1.54, 1.807) is 0 Å². The average molecular weight is 241 g/mol. The van der Waals surface area contributed by atoms with Gasteiger partial charge in [-0.2, -0.15) is 0 Å². The van der Waals surface area contributed by atoms with Crippen molar-refractivity contribution >= 4 is 31.0 Å². The molecule has 2 N–H and O–H groups in total. The van der Waals surface area contributed by atoms with Crippen LogP contribution in [-0.4, -0.2) is 32.9 Å². The van der Waals surface area contributed by atoms with Gasteiger partial charge < -0.3 is 0 Å². The topological polar surface area (TPSA) is 46.3 Å². The van der Waals surface area contributed by atoms with Crippen molar-refractivity contribution < 1.29 is 4.79 Å². The van der Waals surface area contributed by atoms with Crippen molar-refractivity contribution in [3.8, 4) is 0 Å². The SMILES string of the molecule is NC(=O)CN1C[Se]c2ccccc21. The van der Waals surface area contributed by atoms with E-state index in [0.717, 1.165) is 5.44 Å². The van der Waals surface area contributed by atoms with Gasteiger partial charge in [-0.05, 0) is 0 Å². The Morgan fingerprint density at radius 2 is 2.31 bits per heavy atom. The van der Waals surface area contributed by atoms with E-state index in [4.69, 9.17) is 5.73 Å². The fraction of sp³-hybridized carbons (Fsp3) is 0.222. The van der Waals surface area contributed by atoms with Gasteiger partial charge in [0.1, 0.15) is 0 Å². The molecular weight excluding hydrogens is 231 g/mol. The molecule has 0 spiro atoms. The number of amides is 1. The van der Waals surface area contributed by atoms with Crippen molar-refractivity contribution in [3.63, 3.8) is 0 Å². The molecule has 1 aromatic carbocycles. The van der Waals surface area contributed by atoms with Crippen LogP contribution in [-0.2, 0) is 4.79 Å². The predicted octanol–water partition coefficient (Wildman–Crippen LogP) is -0.721.